The van der Waals surface area contributed by atoms with Gasteiger partial charge in [-0.1, -0.05) is 6.92 Å². The molecule has 0 fully saturated rings. The number of ether oxygens (including phenoxy) is 2. The summed E-state index contributed by atoms with van der Waals surface area (Å²) in [4.78, 5) is 0. The Morgan fingerprint density at radius 1 is 0.765 bits per heavy atom. The van der Waals surface area contributed by atoms with Gasteiger partial charge in [0.1, 0.15) is 63.6 Å². The Morgan fingerprint density at radius 2 is 1.26 bits per heavy atom. The minimum Gasteiger partial charge on any atom is -0.493 e. The molecule has 11 heteroatoms. The third kappa shape index (κ3) is 4.90. The van der Waals surface area contributed by atoms with Crippen LogP contribution in [0.25, 0.3) is 11.1 Å². The van der Waals surface area contributed by atoms with E-state index in [-0.39, 0.29) is 36.6 Å². The molecule has 0 aliphatic carbocycles. The smallest absolute Gasteiger partial charge is 0.432 e. The van der Waals surface area contributed by atoms with E-state index >= 15 is 0 Å². The molecular formula is C23H13F8NO2. The molecule has 3 aromatic rings. The zero-order chi connectivity index (χ0) is 25.2. The van der Waals surface area contributed by atoms with E-state index in [2.05, 4.69) is 4.74 Å². The van der Waals surface area contributed by atoms with E-state index in [1.54, 1.807) is 6.92 Å². The molecule has 0 bridgehead atoms. The van der Waals surface area contributed by atoms with Gasteiger partial charge in [-0.05, 0) is 24.1 Å². The van der Waals surface area contributed by atoms with Gasteiger partial charge in [0.05, 0.1) is 12.2 Å². The van der Waals surface area contributed by atoms with Gasteiger partial charge in [0.15, 0.2) is 0 Å². The Morgan fingerprint density at radius 3 is 1.74 bits per heavy atom. The van der Waals surface area contributed by atoms with Gasteiger partial charge in [-0.15, -0.1) is 0 Å². The summed E-state index contributed by atoms with van der Waals surface area (Å²) in [6.07, 6.45) is -4.25. The van der Waals surface area contributed by atoms with Gasteiger partial charge in [0.25, 0.3) is 0 Å². The third-order valence-electron chi connectivity index (χ3n) is 4.48. The molecule has 0 heterocycles. The second-order valence-corrected chi connectivity index (χ2v) is 6.92. The second-order valence-electron chi connectivity index (χ2n) is 6.92. The number of benzene rings is 3. The van der Waals surface area contributed by atoms with Crippen molar-refractivity contribution in [2.45, 2.75) is 19.5 Å². The van der Waals surface area contributed by atoms with Gasteiger partial charge >= 0.3 is 6.11 Å². The van der Waals surface area contributed by atoms with Crippen molar-refractivity contribution in [2.75, 3.05) is 6.61 Å². The van der Waals surface area contributed by atoms with Gasteiger partial charge in [-0.25, -0.2) is 26.3 Å². The number of hydrogen-bond acceptors (Lipinski definition) is 3. The maximum atomic E-state index is 14.5. The van der Waals surface area contributed by atoms with Crippen LogP contribution in [0.2, 0.25) is 0 Å². The van der Waals surface area contributed by atoms with Crippen LogP contribution in [-0.2, 0) is 6.11 Å². The maximum Gasteiger partial charge on any atom is 0.432 e. The number of hydrogen-bond donors (Lipinski definition) is 0. The average Bonchev–Trinajstić information content (AvgIpc) is 2.70. The maximum absolute atomic E-state index is 14.5. The highest BCUT2D eigenvalue weighted by Gasteiger charge is 2.41. The van der Waals surface area contributed by atoms with E-state index in [1.165, 1.54) is 6.07 Å². The lowest BCUT2D eigenvalue weighted by Crippen LogP contribution is -2.25. The van der Waals surface area contributed by atoms with Gasteiger partial charge in [0.2, 0.25) is 0 Å². The number of halogens is 8. The van der Waals surface area contributed by atoms with E-state index < -0.39 is 69.0 Å². The lowest BCUT2D eigenvalue weighted by atomic mass is 10.0. The highest BCUT2D eigenvalue weighted by molar-refractivity contribution is 5.66. The summed E-state index contributed by atoms with van der Waals surface area (Å²) in [6, 6.07) is 3.67. The van der Waals surface area contributed by atoms with E-state index in [4.69, 9.17) is 10.00 Å². The first-order valence-corrected chi connectivity index (χ1v) is 9.56. The topological polar surface area (TPSA) is 42.2 Å². The summed E-state index contributed by atoms with van der Waals surface area (Å²) >= 11 is 0. The van der Waals surface area contributed by atoms with E-state index in [0.29, 0.717) is 6.42 Å². The lowest BCUT2D eigenvalue weighted by Gasteiger charge is -2.20. The Bertz CT molecular complexity index is 1220. The zero-order valence-electron chi connectivity index (χ0n) is 17.2. The molecular weight excluding hydrogens is 474 g/mol. The van der Waals surface area contributed by atoms with Crippen LogP contribution in [-0.4, -0.2) is 6.61 Å². The second kappa shape index (κ2) is 9.59. The van der Waals surface area contributed by atoms with Crippen molar-refractivity contribution in [3.8, 4) is 28.7 Å². The fourth-order valence-electron chi connectivity index (χ4n) is 3.04. The van der Waals surface area contributed by atoms with Gasteiger partial charge in [0, 0.05) is 24.3 Å². The summed E-state index contributed by atoms with van der Waals surface area (Å²) in [5, 5.41) is 8.61. The molecule has 0 amide bonds. The average molecular weight is 487 g/mol. The normalized spacial score (nSPS) is 11.3. The molecule has 0 aliphatic heterocycles. The fourth-order valence-corrected chi connectivity index (χ4v) is 3.04. The van der Waals surface area contributed by atoms with Crippen LogP contribution in [0.4, 0.5) is 35.1 Å². The first-order chi connectivity index (χ1) is 16.0. The molecule has 0 aliphatic rings. The van der Waals surface area contributed by atoms with Crippen molar-refractivity contribution in [3.05, 3.63) is 82.4 Å². The SMILES string of the molecule is CCCOc1cc(F)c(-c2cc(F)c(C(F)(F)Oc3cc(F)c(C#N)c(F)c3)c(F)c2)c(F)c1. The Labute approximate surface area is 187 Å². The fraction of sp³-hybridized carbons (Fsp3) is 0.174. The van der Waals surface area contributed by atoms with Crippen LogP contribution >= 0.6 is 0 Å². The first-order valence-electron chi connectivity index (χ1n) is 9.56. The zero-order valence-corrected chi connectivity index (χ0v) is 17.2. The molecule has 3 rings (SSSR count). The van der Waals surface area contributed by atoms with Gasteiger partial charge in [-0.3, -0.25) is 0 Å². The van der Waals surface area contributed by atoms with Crippen molar-refractivity contribution in [3.63, 3.8) is 0 Å². The molecule has 178 valence electrons. The van der Waals surface area contributed by atoms with Crippen LogP contribution in [0.15, 0.2) is 36.4 Å². The Hall–Kier alpha value is -3.81. The molecule has 3 nitrogen and oxygen atoms in total. The predicted molar refractivity (Wildman–Crippen MR) is 103 cm³/mol. The monoisotopic (exact) mass is 487 g/mol. The largest absolute Gasteiger partial charge is 0.493 e. The molecule has 0 unspecified atom stereocenters. The summed E-state index contributed by atoms with van der Waals surface area (Å²) in [7, 11) is 0. The van der Waals surface area contributed by atoms with Crippen molar-refractivity contribution in [2.24, 2.45) is 0 Å². The molecule has 34 heavy (non-hydrogen) atoms. The lowest BCUT2D eigenvalue weighted by molar-refractivity contribution is -0.189. The minimum absolute atomic E-state index is 0.151. The summed E-state index contributed by atoms with van der Waals surface area (Å²) in [5.74, 6) is -10.8. The number of rotatable bonds is 7. The summed E-state index contributed by atoms with van der Waals surface area (Å²) in [6.45, 7) is 1.90. The molecule has 0 aromatic heterocycles. The van der Waals surface area contributed by atoms with Gasteiger partial charge in [-0.2, -0.15) is 14.0 Å². The summed E-state index contributed by atoms with van der Waals surface area (Å²) in [5.41, 5.74) is -4.67. The Kier molecular flexibility index (Phi) is 7.00. The van der Waals surface area contributed by atoms with Crippen LogP contribution in [0, 0.1) is 46.2 Å². The van der Waals surface area contributed by atoms with Crippen molar-refractivity contribution < 1.29 is 44.6 Å². The quantitative estimate of drug-likeness (QED) is 0.338. The van der Waals surface area contributed by atoms with Gasteiger partial charge < -0.3 is 9.47 Å². The van der Waals surface area contributed by atoms with Crippen LogP contribution in [0.3, 0.4) is 0 Å². The van der Waals surface area contributed by atoms with Crippen molar-refractivity contribution >= 4 is 0 Å². The van der Waals surface area contributed by atoms with Crippen LogP contribution < -0.4 is 9.47 Å². The van der Waals surface area contributed by atoms with Crippen molar-refractivity contribution in [1.82, 2.24) is 0 Å². The van der Waals surface area contributed by atoms with Crippen molar-refractivity contribution in [1.29, 1.82) is 5.26 Å². The third-order valence-corrected chi connectivity index (χ3v) is 4.48. The predicted octanol–water partition coefficient (Wildman–Crippen LogP) is 6.98. The van der Waals surface area contributed by atoms with Crippen LogP contribution in [0.1, 0.15) is 24.5 Å². The molecule has 0 spiro atoms. The standard InChI is InChI=1S/C23H13F8NO2/c1-2-3-33-12-6-17(26)21(18(27)7-12)11-4-19(28)22(20(29)5-11)23(30,31)34-13-8-15(24)14(10-32)16(25)9-13/h4-9H,2-3H2,1H3. The summed E-state index contributed by atoms with van der Waals surface area (Å²) < 4.78 is 123. The first kappa shape index (κ1) is 24.8. The number of alkyl halides is 2. The molecule has 3 aromatic carbocycles. The van der Waals surface area contributed by atoms with Crippen LogP contribution in [0.5, 0.6) is 11.5 Å². The van der Waals surface area contributed by atoms with E-state index in [0.717, 1.165) is 12.1 Å². The molecule has 0 N–H and O–H groups in total. The van der Waals surface area contributed by atoms with E-state index in [1.807, 2.05) is 0 Å². The van der Waals surface area contributed by atoms with E-state index in [9.17, 15) is 35.1 Å². The Balaban J connectivity index is 2.00. The highest BCUT2D eigenvalue weighted by atomic mass is 19.3. The minimum atomic E-state index is -4.80. The molecule has 0 radical (unpaired) electrons. The molecule has 0 saturated heterocycles. The molecule has 0 saturated carbocycles. The molecule has 0 atom stereocenters. The number of nitriles is 1. The highest BCUT2D eigenvalue weighted by Crippen LogP contribution is 2.39. The number of nitrogens with zero attached hydrogens (tertiary/aromatic N) is 1.